The third-order valence-electron chi connectivity index (χ3n) is 4.50. The zero-order chi connectivity index (χ0) is 19.7. The minimum Gasteiger partial charge on any atom is -0.383 e. The van der Waals surface area contributed by atoms with Gasteiger partial charge in [-0.1, -0.05) is 6.07 Å². The lowest BCUT2D eigenvalue weighted by atomic mass is 10.3. The number of anilines is 2. The fraction of sp³-hybridized carbons (Fsp3) is 0.278. The molecule has 0 saturated heterocycles. The van der Waals surface area contributed by atoms with Crippen molar-refractivity contribution in [3.8, 4) is 0 Å². The van der Waals surface area contributed by atoms with Crippen LogP contribution in [0.2, 0.25) is 0 Å². The number of amides is 2. The molecule has 1 aliphatic rings. The van der Waals surface area contributed by atoms with Crippen molar-refractivity contribution >= 4 is 50.4 Å². The van der Waals surface area contributed by atoms with E-state index in [1.807, 2.05) is 0 Å². The van der Waals surface area contributed by atoms with E-state index >= 15 is 0 Å². The van der Waals surface area contributed by atoms with Crippen molar-refractivity contribution in [1.29, 1.82) is 0 Å². The van der Waals surface area contributed by atoms with Gasteiger partial charge in [-0.25, -0.2) is 15.0 Å². The maximum atomic E-state index is 12.9. The van der Waals surface area contributed by atoms with Gasteiger partial charge in [0.25, 0.3) is 0 Å². The predicted molar refractivity (Wildman–Crippen MR) is 107 cm³/mol. The molecule has 144 valence electrons. The van der Waals surface area contributed by atoms with Crippen LogP contribution < -0.4 is 11.1 Å². The van der Waals surface area contributed by atoms with Gasteiger partial charge in [0.15, 0.2) is 0 Å². The average molecular weight is 444 g/mol. The second-order valence-corrected chi connectivity index (χ2v) is 7.40. The molecule has 4 rings (SSSR count). The maximum Gasteiger partial charge on any atom is 0.245 e. The number of pyridine rings is 1. The second-order valence-electron chi connectivity index (χ2n) is 6.59. The van der Waals surface area contributed by atoms with E-state index in [9.17, 15) is 9.59 Å². The number of hydrogen-bond donors (Lipinski definition) is 2. The summed E-state index contributed by atoms with van der Waals surface area (Å²) in [6.07, 6.45) is 4.92. The van der Waals surface area contributed by atoms with Crippen molar-refractivity contribution in [2.45, 2.75) is 25.4 Å². The maximum absolute atomic E-state index is 12.9. The first-order valence-electron chi connectivity index (χ1n) is 8.78. The smallest absolute Gasteiger partial charge is 0.245 e. The third kappa shape index (κ3) is 3.96. The summed E-state index contributed by atoms with van der Waals surface area (Å²) in [5.41, 5.74) is 6.44. The van der Waals surface area contributed by atoms with Gasteiger partial charge in [0.1, 0.15) is 41.3 Å². The molecule has 0 aliphatic heterocycles. The van der Waals surface area contributed by atoms with Gasteiger partial charge in [-0.15, -0.1) is 0 Å². The number of hydrogen-bond acceptors (Lipinski definition) is 6. The molecule has 3 heterocycles. The van der Waals surface area contributed by atoms with E-state index in [-0.39, 0.29) is 30.9 Å². The molecule has 0 unspecified atom stereocenters. The topological polar surface area (TPSA) is 119 Å². The van der Waals surface area contributed by atoms with Gasteiger partial charge >= 0.3 is 0 Å². The number of aromatic nitrogens is 4. The highest BCUT2D eigenvalue weighted by Crippen LogP contribution is 2.27. The van der Waals surface area contributed by atoms with Gasteiger partial charge < -0.3 is 20.5 Å². The summed E-state index contributed by atoms with van der Waals surface area (Å²) >= 11 is 3.27. The van der Waals surface area contributed by atoms with E-state index in [4.69, 9.17) is 5.73 Å². The number of nitrogen functional groups attached to an aromatic ring is 1. The Morgan fingerprint density at radius 1 is 1.29 bits per heavy atom. The Bertz CT molecular complexity index is 1050. The first-order valence-corrected chi connectivity index (χ1v) is 9.58. The second kappa shape index (κ2) is 7.55. The summed E-state index contributed by atoms with van der Waals surface area (Å²) in [4.78, 5) is 39.3. The Hall–Kier alpha value is -3.01. The van der Waals surface area contributed by atoms with Gasteiger partial charge in [-0.05, 0) is 47.0 Å². The highest BCUT2D eigenvalue weighted by molar-refractivity contribution is 9.10. The SMILES string of the molecule is Nc1ncnc2c1ccn2CC(=O)N(CC(=O)Nc1cccc(Br)n1)C1CC1. The van der Waals surface area contributed by atoms with Crippen molar-refractivity contribution in [3.63, 3.8) is 0 Å². The van der Waals surface area contributed by atoms with Crippen LogP contribution in [0.1, 0.15) is 12.8 Å². The highest BCUT2D eigenvalue weighted by Gasteiger charge is 2.34. The summed E-state index contributed by atoms with van der Waals surface area (Å²) in [6.45, 7) is 0.0624. The molecule has 1 aliphatic carbocycles. The third-order valence-corrected chi connectivity index (χ3v) is 4.94. The quantitative estimate of drug-likeness (QED) is 0.560. The van der Waals surface area contributed by atoms with E-state index in [1.165, 1.54) is 6.33 Å². The van der Waals surface area contributed by atoms with Crippen molar-refractivity contribution in [3.05, 3.63) is 41.4 Å². The normalized spacial score (nSPS) is 13.5. The molecule has 0 bridgehead atoms. The van der Waals surface area contributed by atoms with E-state index in [1.54, 1.807) is 39.9 Å². The molecule has 10 heteroatoms. The zero-order valence-electron chi connectivity index (χ0n) is 14.9. The van der Waals surface area contributed by atoms with Crippen LogP contribution in [0.4, 0.5) is 11.6 Å². The molecular formula is C18H18BrN7O2. The molecule has 9 nitrogen and oxygen atoms in total. The Morgan fingerprint density at radius 3 is 2.86 bits per heavy atom. The van der Waals surface area contributed by atoms with Gasteiger partial charge in [0.2, 0.25) is 11.8 Å². The standard InChI is InChI=1S/C18H18BrN7O2/c19-13-2-1-3-14(23-13)24-15(27)8-26(11-4-5-11)16(28)9-25-7-6-12-17(20)21-10-22-18(12)25/h1-3,6-7,10-11H,4-5,8-9H2,(H2,20,21,22)(H,23,24,27). The summed E-state index contributed by atoms with van der Waals surface area (Å²) in [7, 11) is 0. The fourth-order valence-corrected chi connectivity index (χ4v) is 3.35. The largest absolute Gasteiger partial charge is 0.383 e. The Kier molecular flexibility index (Phi) is 4.95. The molecule has 3 N–H and O–H groups in total. The van der Waals surface area contributed by atoms with Crippen molar-refractivity contribution < 1.29 is 9.59 Å². The lowest BCUT2D eigenvalue weighted by Gasteiger charge is -2.22. The molecule has 3 aromatic rings. The lowest BCUT2D eigenvalue weighted by molar-refractivity contribution is -0.135. The highest BCUT2D eigenvalue weighted by atomic mass is 79.9. The number of halogens is 1. The van der Waals surface area contributed by atoms with E-state index in [0.717, 1.165) is 12.8 Å². The van der Waals surface area contributed by atoms with Crippen LogP contribution in [0.3, 0.4) is 0 Å². The minimum absolute atomic E-state index is 0.0198. The number of rotatable bonds is 6. The molecule has 1 fully saturated rings. The predicted octanol–water partition coefficient (Wildman–Crippen LogP) is 1.80. The average Bonchev–Trinajstić information content (AvgIpc) is 3.41. The molecule has 0 aromatic carbocycles. The van der Waals surface area contributed by atoms with Crippen LogP contribution in [-0.4, -0.2) is 48.8 Å². The van der Waals surface area contributed by atoms with Crippen LogP contribution in [0.15, 0.2) is 41.4 Å². The molecule has 28 heavy (non-hydrogen) atoms. The molecule has 0 spiro atoms. The summed E-state index contributed by atoms with van der Waals surface area (Å²) in [5, 5.41) is 3.43. The van der Waals surface area contributed by atoms with Crippen LogP contribution in [0.25, 0.3) is 11.0 Å². The summed E-state index contributed by atoms with van der Waals surface area (Å²) in [5.74, 6) is 0.381. The number of carbonyl (C=O) groups excluding carboxylic acids is 2. The lowest BCUT2D eigenvalue weighted by Crippen LogP contribution is -2.41. The van der Waals surface area contributed by atoms with Crippen LogP contribution in [0.5, 0.6) is 0 Å². The van der Waals surface area contributed by atoms with Crippen molar-refractivity contribution in [1.82, 2.24) is 24.4 Å². The number of fused-ring (bicyclic) bond motifs is 1. The van der Waals surface area contributed by atoms with Crippen molar-refractivity contribution in [2.75, 3.05) is 17.6 Å². The van der Waals surface area contributed by atoms with Crippen LogP contribution >= 0.6 is 15.9 Å². The van der Waals surface area contributed by atoms with Crippen LogP contribution in [-0.2, 0) is 16.1 Å². The monoisotopic (exact) mass is 443 g/mol. The van der Waals surface area contributed by atoms with E-state index < -0.39 is 0 Å². The Balaban J connectivity index is 1.46. The molecule has 2 amide bonds. The molecule has 0 atom stereocenters. The van der Waals surface area contributed by atoms with Crippen molar-refractivity contribution in [2.24, 2.45) is 0 Å². The van der Waals surface area contributed by atoms with Gasteiger partial charge in [0.05, 0.1) is 5.39 Å². The van der Waals surface area contributed by atoms with Crippen LogP contribution in [0, 0.1) is 0 Å². The minimum atomic E-state index is -0.283. The molecular weight excluding hydrogens is 426 g/mol. The molecule has 1 saturated carbocycles. The Labute approximate surface area is 169 Å². The first kappa shape index (κ1) is 18.4. The number of carbonyl (C=O) groups is 2. The summed E-state index contributed by atoms with van der Waals surface area (Å²) in [6, 6.07) is 7.12. The number of nitrogens with two attached hydrogens (primary N) is 1. The van der Waals surface area contributed by atoms with Gasteiger partial charge in [-0.2, -0.15) is 0 Å². The van der Waals surface area contributed by atoms with Gasteiger partial charge in [0, 0.05) is 12.2 Å². The molecule has 0 radical (unpaired) electrons. The first-order chi connectivity index (χ1) is 13.5. The number of nitrogens with one attached hydrogen (secondary N) is 1. The zero-order valence-corrected chi connectivity index (χ0v) is 16.5. The van der Waals surface area contributed by atoms with Gasteiger partial charge in [-0.3, -0.25) is 9.59 Å². The summed E-state index contributed by atoms with van der Waals surface area (Å²) < 4.78 is 2.35. The molecule has 3 aromatic heterocycles. The Morgan fingerprint density at radius 2 is 2.11 bits per heavy atom. The van der Waals surface area contributed by atoms with E-state index in [0.29, 0.717) is 27.3 Å². The number of nitrogens with zero attached hydrogens (tertiary/aromatic N) is 5. The fourth-order valence-electron chi connectivity index (χ4n) is 3.01. The van der Waals surface area contributed by atoms with E-state index in [2.05, 4.69) is 36.2 Å².